The van der Waals surface area contributed by atoms with Crippen molar-refractivity contribution in [2.45, 2.75) is 13.0 Å². The molecule has 1 aromatic carbocycles. The Labute approximate surface area is 134 Å². The Morgan fingerprint density at radius 2 is 2.16 bits per heavy atom. The Hall–Kier alpha value is -0.530. The number of hydrogen-bond donors (Lipinski definition) is 1. The molecule has 0 bridgehead atoms. The summed E-state index contributed by atoms with van der Waals surface area (Å²) in [6, 6.07) is 7.59. The van der Waals surface area contributed by atoms with Crippen molar-refractivity contribution in [3.05, 3.63) is 61.6 Å². The summed E-state index contributed by atoms with van der Waals surface area (Å²) in [6.45, 7) is 2.76. The van der Waals surface area contributed by atoms with Gasteiger partial charge in [0, 0.05) is 19.8 Å². The van der Waals surface area contributed by atoms with E-state index >= 15 is 0 Å². The molecule has 0 radical (unpaired) electrons. The van der Waals surface area contributed by atoms with Gasteiger partial charge in [0.25, 0.3) is 0 Å². The van der Waals surface area contributed by atoms with Crippen LogP contribution in [0.3, 0.4) is 0 Å². The third-order valence-corrected chi connectivity index (χ3v) is 4.19. The normalized spacial score (nSPS) is 12.4. The van der Waals surface area contributed by atoms with E-state index < -0.39 is 0 Å². The van der Waals surface area contributed by atoms with Gasteiger partial charge < -0.3 is 5.32 Å². The molecule has 0 saturated heterocycles. The van der Waals surface area contributed by atoms with Crippen LogP contribution in [0.25, 0.3) is 0 Å². The lowest BCUT2D eigenvalue weighted by Crippen LogP contribution is -2.23. The highest BCUT2D eigenvalue weighted by Gasteiger charge is 2.19. The van der Waals surface area contributed by atoms with Crippen molar-refractivity contribution in [2.75, 3.05) is 6.54 Å². The van der Waals surface area contributed by atoms with Crippen LogP contribution in [0.1, 0.15) is 24.1 Å². The third kappa shape index (κ3) is 3.52. The van der Waals surface area contributed by atoms with E-state index in [1.165, 1.54) is 6.20 Å². The number of halogens is 3. The van der Waals surface area contributed by atoms with Crippen LogP contribution in [0.15, 0.2) is 41.1 Å². The van der Waals surface area contributed by atoms with Crippen molar-refractivity contribution in [1.82, 2.24) is 10.3 Å². The van der Waals surface area contributed by atoms with Crippen molar-refractivity contribution in [2.24, 2.45) is 0 Å². The lowest BCUT2D eigenvalue weighted by molar-refractivity contribution is 0.553. The SMILES string of the molecule is CCNC(c1ccncc1F)c1cc(I)ccc1Br. The molecule has 0 aliphatic rings. The van der Waals surface area contributed by atoms with Crippen molar-refractivity contribution < 1.29 is 4.39 Å². The monoisotopic (exact) mass is 434 g/mol. The first-order valence-corrected chi connectivity index (χ1v) is 7.78. The molecule has 1 unspecified atom stereocenters. The Balaban J connectivity index is 2.51. The molecule has 1 aromatic heterocycles. The van der Waals surface area contributed by atoms with Crippen LogP contribution in [-0.4, -0.2) is 11.5 Å². The van der Waals surface area contributed by atoms with E-state index in [1.807, 2.05) is 19.1 Å². The summed E-state index contributed by atoms with van der Waals surface area (Å²) >= 11 is 5.80. The van der Waals surface area contributed by atoms with Gasteiger partial charge in [-0.1, -0.05) is 22.9 Å². The lowest BCUT2D eigenvalue weighted by atomic mass is 9.99. The van der Waals surface area contributed by atoms with E-state index in [0.29, 0.717) is 5.56 Å². The minimum atomic E-state index is -0.292. The molecule has 0 fully saturated rings. The number of nitrogens with one attached hydrogen (secondary N) is 1. The molecule has 0 aliphatic carbocycles. The molecule has 2 nitrogen and oxygen atoms in total. The van der Waals surface area contributed by atoms with E-state index in [2.05, 4.69) is 54.9 Å². The second kappa shape index (κ2) is 6.76. The summed E-state index contributed by atoms with van der Waals surface area (Å²) in [5, 5.41) is 3.32. The first kappa shape index (κ1) is 14.9. The van der Waals surface area contributed by atoms with Crippen LogP contribution < -0.4 is 5.32 Å². The quantitative estimate of drug-likeness (QED) is 0.726. The predicted octanol–water partition coefficient (Wildman–Crippen LogP) is 4.29. The average Bonchev–Trinajstić information content (AvgIpc) is 2.40. The highest BCUT2D eigenvalue weighted by atomic mass is 127. The Morgan fingerprint density at radius 3 is 2.84 bits per heavy atom. The molecule has 100 valence electrons. The van der Waals surface area contributed by atoms with E-state index in [0.717, 1.165) is 20.2 Å². The molecule has 1 heterocycles. The smallest absolute Gasteiger partial charge is 0.146 e. The third-order valence-electron chi connectivity index (χ3n) is 2.79. The zero-order valence-corrected chi connectivity index (χ0v) is 14.1. The Kier molecular flexibility index (Phi) is 5.29. The fraction of sp³-hybridized carbons (Fsp3) is 0.214. The average molecular weight is 435 g/mol. The molecule has 1 N–H and O–H groups in total. The van der Waals surface area contributed by atoms with Gasteiger partial charge in [-0.3, -0.25) is 4.98 Å². The van der Waals surface area contributed by atoms with Crippen molar-refractivity contribution in [1.29, 1.82) is 0 Å². The molecule has 0 aliphatic heterocycles. The zero-order chi connectivity index (χ0) is 13.8. The molecular weight excluding hydrogens is 422 g/mol. The van der Waals surface area contributed by atoms with Crippen LogP contribution in [-0.2, 0) is 0 Å². The maximum absolute atomic E-state index is 14.0. The van der Waals surface area contributed by atoms with Gasteiger partial charge in [0.15, 0.2) is 0 Å². The second-order valence-corrected chi connectivity index (χ2v) is 6.15. The van der Waals surface area contributed by atoms with Crippen LogP contribution >= 0.6 is 38.5 Å². The van der Waals surface area contributed by atoms with Gasteiger partial charge in [-0.15, -0.1) is 0 Å². The van der Waals surface area contributed by atoms with E-state index in [1.54, 1.807) is 12.3 Å². The largest absolute Gasteiger partial charge is 0.306 e. The summed E-state index contributed by atoms with van der Waals surface area (Å²) < 4.78 is 16.0. The highest BCUT2D eigenvalue weighted by Crippen LogP contribution is 2.31. The molecule has 0 spiro atoms. The number of pyridine rings is 1. The first-order chi connectivity index (χ1) is 9.13. The van der Waals surface area contributed by atoms with Gasteiger partial charge in [-0.25, -0.2) is 4.39 Å². The number of benzene rings is 1. The summed E-state index contributed by atoms with van der Waals surface area (Å²) in [6.07, 6.45) is 2.87. The lowest BCUT2D eigenvalue weighted by Gasteiger charge is -2.21. The van der Waals surface area contributed by atoms with Gasteiger partial charge in [0.1, 0.15) is 5.82 Å². The number of nitrogens with zero attached hydrogens (tertiary/aromatic N) is 1. The van der Waals surface area contributed by atoms with Gasteiger partial charge in [0.05, 0.1) is 12.2 Å². The van der Waals surface area contributed by atoms with Crippen LogP contribution in [0.2, 0.25) is 0 Å². The molecule has 19 heavy (non-hydrogen) atoms. The van der Waals surface area contributed by atoms with Crippen molar-refractivity contribution >= 4 is 38.5 Å². The fourth-order valence-corrected chi connectivity index (χ4v) is 2.94. The molecule has 0 amide bonds. The van der Waals surface area contributed by atoms with E-state index in [4.69, 9.17) is 0 Å². The summed E-state index contributed by atoms with van der Waals surface area (Å²) in [4.78, 5) is 3.81. The minimum absolute atomic E-state index is 0.183. The number of rotatable bonds is 4. The van der Waals surface area contributed by atoms with Gasteiger partial charge in [-0.2, -0.15) is 0 Å². The number of aromatic nitrogens is 1. The first-order valence-electron chi connectivity index (χ1n) is 5.91. The van der Waals surface area contributed by atoms with Gasteiger partial charge in [-0.05, 0) is 59.0 Å². The summed E-state index contributed by atoms with van der Waals surface area (Å²) in [5.74, 6) is -0.292. The standard InChI is InChI=1S/C14H13BrFIN2/c1-2-19-14(10-5-6-18-8-13(10)16)11-7-9(17)3-4-12(11)15/h3-8,14,19H,2H2,1H3. The fourth-order valence-electron chi connectivity index (χ4n) is 1.95. The molecular formula is C14H13BrFIN2. The molecule has 1 atom stereocenters. The van der Waals surface area contributed by atoms with Crippen LogP contribution in [0, 0.1) is 9.39 Å². The van der Waals surface area contributed by atoms with Crippen LogP contribution in [0.4, 0.5) is 4.39 Å². The maximum atomic E-state index is 14.0. The molecule has 2 aromatic rings. The number of hydrogen-bond acceptors (Lipinski definition) is 2. The van der Waals surface area contributed by atoms with E-state index in [-0.39, 0.29) is 11.9 Å². The van der Waals surface area contributed by atoms with Crippen molar-refractivity contribution in [3.63, 3.8) is 0 Å². The van der Waals surface area contributed by atoms with Crippen molar-refractivity contribution in [3.8, 4) is 0 Å². The second-order valence-electron chi connectivity index (χ2n) is 4.05. The zero-order valence-electron chi connectivity index (χ0n) is 10.3. The van der Waals surface area contributed by atoms with Crippen LogP contribution in [0.5, 0.6) is 0 Å². The van der Waals surface area contributed by atoms with Gasteiger partial charge >= 0.3 is 0 Å². The maximum Gasteiger partial charge on any atom is 0.146 e. The van der Waals surface area contributed by atoms with E-state index in [9.17, 15) is 4.39 Å². The highest BCUT2D eigenvalue weighted by molar-refractivity contribution is 14.1. The predicted molar refractivity (Wildman–Crippen MR) is 86.6 cm³/mol. The molecule has 0 saturated carbocycles. The summed E-state index contributed by atoms with van der Waals surface area (Å²) in [5.41, 5.74) is 1.64. The Morgan fingerprint density at radius 1 is 1.37 bits per heavy atom. The topological polar surface area (TPSA) is 24.9 Å². The molecule has 5 heteroatoms. The molecule has 2 rings (SSSR count). The Bertz CT molecular complexity index is 577. The summed E-state index contributed by atoms with van der Waals surface area (Å²) in [7, 11) is 0. The minimum Gasteiger partial charge on any atom is -0.306 e. The van der Waals surface area contributed by atoms with Gasteiger partial charge in [0.2, 0.25) is 0 Å².